The van der Waals surface area contributed by atoms with E-state index in [-0.39, 0.29) is 0 Å². The highest BCUT2D eigenvalue weighted by molar-refractivity contribution is 7.25. The summed E-state index contributed by atoms with van der Waals surface area (Å²) < 4.78 is 2.60. The van der Waals surface area contributed by atoms with Gasteiger partial charge in [-0.05, 0) is 102 Å². The van der Waals surface area contributed by atoms with Crippen molar-refractivity contribution in [3.8, 4) is 78.7 Å². The van der Waals surface area contributed by atoms with Gasteiger partial charge in [0.05, 0.1) is 0 Å². The molecular weight excluding hydrogens is 711 g/mol. The molecule has 2 aromatic heterocycles. The van der Waals surface area contributed by atoms with Gasteiger partial charge in [0.1, 0.15) is 0 Å². The monoisotopic (exact) mass is 741 g/mol. The second-order valence-electron chi connectivity index (χ2n) is 14.7. The van der Waals surface area contributed by atoms with Crippen LogP contribution in [0.4, 0.5) is 0 Å². The van der Waals surface area contributed by atoms with Crippen LogP contribution in [-0.4, -0.2) is 15.0 Å². The highest BCUT2D eigenvalue weighted by Crippen LogP contribution is 2.49. The van der Waals surface area contributed by atoms with Crippen molar-refractivity contribution >= 4 is 53.1 Å². The van der Waals surface area contributed by atoms with Crippen molar-refractivity contribution in [2.24, 2.45) is 0 Å². The van der Waals surface area contributed by atoms with Gasteiger partial charge in [-0.2, -0.15) is 0 Å². The molecule has 11 aromatic rings. The maximum atomic E-state index is 5.30. The van der Waals surface area contributed by atoms with Crippen LogP contribution in [0, 0.1) is 0 Å². The normalized spacial score (nSPS) is 11.9. The summed E-state index contributed by atoms with van der Waals surface area (Å²) in [7, 11) is 0. The van der Waals surface area contributed by atoms with Crippen LogP contribution >= 0.6 is 11.3 Å². The SMILES string of the molecule is c1cc(-c2ccc3sc4ccccc4c3c2)cc(-c2nc(-c3cccc(-c4cccc5ccccc45)c3)nc(-c3ccc4c5c(cccc35)-c3ccccc3-4)n2)c1. The lowest BCUT2D eigenvalue weighted by atomic mass is 9.96. The first kappa shape index (κ1) is 32.0. The summed E-state index contributed by atoms with van der Waals surface area (Å²) in [6.45, 7) is 0. The number of rotatable bonds is 5. The first-order valence-corrected chi connectivity index (χ1v) is 20.1. The molecule has 0 radical (unpaired) electrons. The molecule has 3 nitrogen and oxygen atoms in total. The van der Waals surface area contributed by atoms with Crippen molar-refractivity contribution in [2.75, 3.05) is 0 Å². The maximum Gasteiger partial charge on any atom is 0.164 e. The van der Waals surface area contributed by atoms with Gasteiger partial charge in [-0.25, -0.2) is 15.0 Å². The topological polar surface area (TPSA) is 38.7 Å². The first-order chi connectivity index (χ1) is 28.2. The van der Waals surface area contributed by atoms with E-state index in [1.807, 2.05) is 11.3 Å². The Morgan fingerprint density at radius 2 is 0.807 bits per heavy atom. The van der Waals surface area contributed by atoms with Crippen LogP contribution in [0.25, 0.3) is 120 Å². The number of nitrogens with zero attached hydrogens (tertiary/aromatic N) is 3. The predicted molar refractivity (Wildman–Crippen MR) is 239 cm³/mol. The molecule has 0 amide bonds. The van der Waals surface area contributed by atoms with Crippen LogP contribution in [-0.2, 0) is 0 Å². The maximum absolute atomic E-state index is 5.30. The van der Waals surface area contributed by atoms with Crippen molar-refractivity contribution in [1.82, 2.24) is 15.0 Å². The van der Waals surface area contributed by atoms with E-state index in [0.29, 0.717) is 17.5 Å². The molecule has 0 saturated carbocycles. The molecule has 0 aliphatic heterocycles. The van der Waals surface area contributed by atoms with Gasteiger partial charge in [-0.1, -0.05) is 152 Å². The van der Waals surface area contributed by atoms with Crippen molar-refractivity contribution in [3.05, 3.63) is 188 Å². The molecule has 264 valence electrons. The summed E-state index contributed by atoms with van der Waals surface area (Å²) in [4.78, 5) is 15.8. The molecule has 0 fully saturated rings. The summed E-state index contributed by atoms with van der Waals surface area (Å²) in [6.07, 6.45) is 0. The molecule has 1 aliphatic carbocycles. The Hall–Kier alpha value is -7.27. The van der Waals surface area contributed by atoms with Gasteiger partial charge in [0.2, 0.25) is 0 Å². The van der Waals surface area contributed by atoms with Crippen molar-refractivity contribution in [2.45, 2.75) is 0 Å². The number of hydrogen-bond donors (Lipinski definition) is 0. The lowest BCUT2D eigenvalue weighted by molar-refractivity contribution is 1.08. The number of thiophene rings is 1. The van der Waals surface area contributed by atoms with E-state index in [9.17, 15) is 0 Å². The van der Waals surface area contributed by atoms with E-state index in [1.54, 1.807) is 0 Å². The molecular formula is C53H31N3S. The van der Waals surface area contributed by atoms with Gasteiger partial charge in [0, 0.05) is 36.9 Å². The minimum atomic E-state index is 0.639. The van der Waals surface area contributed by atoms with Gasteiger partial charge < -0.3 is 0 Å². The highest BCUT2D eigenvalue weighted by Gasteiger charge is 2.24. The predicted octanol–water partition coefficient (Wildman–Crippen LogP) is 14.5. The Morgan fingerprint density at radius 3 is 1.65 bits per heavy atom. The molecule has 2 heterocycles. The van der Waals surface area contributed by atoms with E-state index in [4.69, 9.17) is 15.0 Å². The van der Waals surface area contributed by atoms with Gasteiger partial charge in [0.25, 0.3) is 0 Å². The Bertz CT molecular complexity index is 3400. The minimum absolute atomic E-state index is 0.639. The largest absolute Gasteiger partial charge is 0.208 e. The lowest BCUT2D eigenvalue weighted by Crippen LogP contribution is -2.01. The van der Waals surface area contributed by atoms with Crippen molar-refractivity contribution in [3.63, 3.8) is 0 Å². The molecule has 1 aliphatic rings. The standard InChI is InChI=1S/C53H31N3S/c1-2-17-38-32(11-1)12-9-21-39(38)35-14-8-16-37(30-35)52-54-51(36-15-7-13-33(29-36)34-25-28-49-47(31-34)42-20-5-6-24-48(42)57-49)55-53(56-52)46-27-26-45-41-19-4-3-18-40(41)43-22-10-23-44(46)50(43)45/h1-31H. The van der Waals surface area contributed by atoms with Crippen LogP contribution in [0.3, 0.4) is 0 Å². The molecule has 0 saturated heterocycles. The third kappa shape index (κ3) is 5.15. The van der Waals surface area contributed by atoms with Gasteiger partial charge >= 0.3 is 0 Å². The van der Waals surface area contributed by atoms with E-state index in [2.05, 4.69) is 188 Å². The van der Waals surface area contributed by atoms with Crippen LogP contribution in [0.1, 0.15) is 0 Å². The van der Waals surface area contributed by atoms with E-state index in [1.165, 1.54) is 64.1 Å². The molecule has 57 heavy (non-hydrogen) atoms. The molecule has 9 aromatic carbocycles. The Morgan fingerprint density at radius 1 is 0.281 bits per heavy atom. The highest BCUT2D eigenvalue weighted by atomic mass is 32.1. The van der Waals surface area contributed by atoms with Gasteiger partial charge in [-0.3, -0.25) is 0 Å². The van der Waals surface area contributed by atoms with E-state index in [0.717, 1.165) is 38.8 Å². The first-order valence-electron chi connectivity index (χ1n) is 19.3. The van der Waals surface area contributed by atoms with Crippen LogP contribution in [0.2, 0.25) is 0 Å². The Balaban J connectivity index is 1.05. The summed E-state index contributed by atoms with van der Waals surface area (Å²) in [5.41, 5.74) is 12.5. The zero-order chi connectivity index (χ0) is 37.5. The van der Waals surface area contributed by atoms with Crippen LogP contribution < -0.4 is 0 Å². The average molecular weight is 742 g/mol. The fourth-order valence-electron chi connectivity index (χ4n) is 8.80. The summed E-state index contributed by atoms with van der Waals surface area (Å²) >= 11 is 1.84. The number of fused-ring (bicyclic) bond motifs is 7. The fourth-order valence-corrected chi connectivity index (χ4v) is 9.89. The molecule has 4 heteroatoms. The third-order valence-electron chi connectivity index (χ3n) is 11.5. The van der Waals surface area contributed by atoms with Crippen LogP contribution in [0.5, 0.6) is 0 Å². The number of benzene rings is 9. The summed E-state index contributed by atoms with van der Waals surface area (Å²) in [5.74, 6) is 1.93. The van der Waals surface area contributed by atoms with E-state index < -0.39 is 0 Å². The third-order valence-corrected chi connectivity index (χ3v) is 12.6. The molecule has 0 bridgehead atoms. The second-order valence-corrected chi connectivity index (χ2v) is 15.8. The quantitative estimate of drug-likeness (QED) is 0.176. The zero-order valence-corrected chi connectivity index (χ0v) is 31.5. The molecule has 0 spiro atoms. The average Bonchev–Trinajstić information content (AvgIpc) is 3.82. The number of hydrogen-bond acceptors (Lipinski definition) is 4. The van der Waals surface area contributed by atoms with Crippen LogP contribution in [0.15, 0.2) is 188 Å². The van der Waals surface area contributed by atoms with Crippen molar-refractivity contribution < 1.29 is 0 Å². The zero-order valence-electron chi connectivity index (χ0n) is 30.6. The molecule has 0 unspecified atom stereocenters. The Labute approximate surface area is 333 Å². The fraction of sp³-hybridized carbons (Fsp3) is 0. The second kappa shape index (κ2) is 12.6. The lowest BCUT2D eigenvalue weighted by Gasteiger charge is -2.13. The Kier molecular flexibility index (Phi) is 7.10. The molecule has 0 atom stereocenters. The minimum Gasteiger partial charge on any atom is -0.208 e. The van der Waals surface area contributed by atoms with Gasteiger partial charge in [-0.15, -0.1) is 11.3 Å². The number of aromatic nitrogens is 3. The smallest absolute Gasteiger partial charge is 0.164 e. The van der Waals surface area contributed by atoms with E-state index >= 15 is 0 Å². The molecule has 12 rings (SSSR count). The summed E-state index contributed by atoms with van der Waals surface area (Å²) in [5, 5.41) is 7.39. The summed E-state index contributed by atoms with van der Waals surface area (Å²) in [6, 6.07) is 67.4. The van der Waals surface area contributed by atoms with Crippen molar-refractivity contribution in [1.29, 1.82) is 0 Å². The molecule has 0 N–H and O–H groups in total. The van der Waals surface area contributed by atoms with Gasteiger partial charge in [0.15, 0.2) is 17.5 Å².